The molecule has 1 heteroatoms. The lowest BCUT2D eigenvalue weighted by Gasteiger charge is -2.14. The smallest absolute Gasteiger partial charge is 0.0342 e. The molecule has 0 aromatic heterocycles. The number of nitrogens with zero attached hydrogens (tertiary/aromatic N) is 1. The summed E-state index contributed by atoms with van der Waals surface area (Å²) in [6, 6.07) is 0. The number of aliphatic imine (C=N–C) groups is 1. The molecule has 1 nitrogen and oxygen atoms in total. The maximum absolute atomic E-state index is 4.37. The lowest BCUT2D eigenvalue weighted by molar-refractivity contribution is 0.627. The van der Waals surface area contributed by atoms with Crippen molar-refractivity contribution >= 4 is 6.21 Å². The number of hydrogen-bond acceptors (Lipinski definition) is 1. The fourth-order valence-corrected chi connectivity index (χ4v) is 1.85. The van der Waals surface area contributed by atoms with Gasteiger partial charge in [0, 0.05) is 23.2 Å². The van der Waals surface area contributed by atoms with Crippen LogP contribution in [0.25, 0.3) is 0 Å². The molecule has 0 N–H and O–H groups in total. The number of fused-ring (bicyclic) bond motifs is 1. The second-order valence-corrected chi connectivity index (χ2v) is 5.77. The van der Waals surface area contributed by atoms with Gasteiger partial charge in [-0.15, -0.1) is 0 Å². The highest BCUT2D eigenvalue weighted by molar-refractivity contribution is 5.71. The third-order valence-corrected chi connectivity index (χ3v) is 2.87. The standard InChI is InChI=1S/C15H19N/c1-14(2)7-5-12-9-15(3,4)11-16-10-13(12)6-8-14/h5-11H,1-4H3. The molecule has 0 atom stereocenters. The largest absolute Gasteiger partial charge is 0.268 e. The first-order chi connectivity index (χ1) is 7.38. The molecule has 0 saturated carbocycles. The van der Waals surface area contributed by atoms with Crippen LogP contribution in [-0.4, -0.2) is 6.21 Å². The van der Waals surface area contributed by atoms with Gasteiger partial charge in [-0.05, 0) is 11.1 Å². The van der Waals surface area contributed by atoms with Crippen LogP contribution in [0.5, 0.6) is 0 Å². The van der Waals surface area contributed by atoms with Crippen molar-refractivity contribution in [3.63, 3.8) is 0 Å². The second kappa shape index (κ2) is 3.58. The highest BCUT2D eigenvalue weighted by Crippen LogP contribution is 2.31. The Bertz CT molecular complexity index is 440. The van der Waals surface area contributed by atoms with Crippen LogP contribution in [0.15, 0.2) is 52.7 Å². The highest BCUT2D eigenvalue weighted by Gasteiger charge is 2.19. The maximum Gasteiger partial charge on any atom is 0.0342 e. The topological polar surface area (TPSA) is 12.4 Å². The van der Waals surface area contributed by atoms with Crippen LogP contribution < -0.4 is 0 Å². The SMILES string of the molecule is CC1(C)C=CC2=CN=CC(C)(C)C=C2C=C1. The Balaban J connectivity index is 2.50. The average molecular weight is 213 g/mol. The molecule has 2 rings (SSSR count). The minimum atomic E-state index is 0.0280. The minimum absolute atomic E-state index is 0.0280. The van der Waals surface area contributed by atoms with Crippen molar-refractivity contribution in [2.45, 2.75) is 27.7 Å². The van der Waals surface area contributed by atoms with Gasteiger partial charge in [-0.25, -0.2) is 0 Å². The lowest BCUT2D eigenvalue weighted by Crippen LogP contribution is -2.08. The Morgan fingerprint density at radius 1 is 0.875 bits per heavy atom. The summed E-state index contributed by atoms with van der Waals surface area (Å²) < 4.78 is 0. The van der Waals surface area contributed by atoms with Crippen LogP contribution >= 0.6 is 0 Å². The summed E-state index contributed by atoms with van der Waals surface area (Å²) >= 11 is 0. The summed E-state index contributed by atoms with van der Waals surface area (Å²) in [6.07, 6.45) is 15.1. The van der Waals surface area contributed by atoms with Gasteiger partial charge < -0.3 is 0 Å². The van der Waals surface area contributed by atoms with Crippen LogP contribution in [0.3, 0.4) is 0 Å². The van der Waals surface area contributed by atoms with Gasteiger partial charge in [0.05, 0.1) is 0 Å². The molecular weight excluding hydrogens is 194 g/mol. The Morgan fingerprint density at radius 2 is 1.50 bits per heavy atom. The monoisotopic (exact) mass is 213 g/mol. The van der Waals surface area contributed by atoms with E-state index in [1.807, 2.05) is 12.4 Å². The van der Waals surface area contributed by atoms with E-state index in [9.17, 15) is 0 Å². The zero-order valence-electron chi connectivity index (χ0n) is 10.5. The molecule has 0 radical (unpaired) electrons. The zero-order valence-corrected chi connectivity index (χ0v) is 10.5. The van der Waals surface area contributed by atoms with E-state index < -0.39 is 0 Å². The van der Waals surface area contributed by atoms with Crippen molar-refractivity contribution in [1.29, 1.82) is 0 Å². The van der Waals surface area contributed by atoms with Crippen LogP contribution in [0, 0.1) is 10.8 Å². The molecule has 0 aromatic rings. The van der Waals surface area contributed by atoms with Gasteiger partial charge in [0.1, 0.15) is 0 Å². The van der Waals surface area contributed by atoms with Gasteiger partial charge in [0.15, 0.2) is 0 Å². The molecule has 0 saturated heterocycles. The summed E-state index contributed by atoms with van der Waals surface area (Å²) in [4.78, 5) is 4.37. The molecule has 1 aliphatic carbocycles. The molecule has 1 heterocycles. The molecule has 0 bridgehead atoms. The van der Waals surface area contributed by atoms with Crippen molar-refractivity contribution in [2.24, 2.45) is 15.8 Å². The summed E-state index contributed by atoms with van der Waals surface area (Å²) in [5, 5.41) is 0. The number of allylic oxidation sites excluding steroid dienone is 7. The average Bonchev–Trinajstić information content (AvgIpc) is 2.38. The first-order valence-corrected chi connectivity index (χ1v) is 5.74. The van der Waals surface area contributed by atoms with Crippen molar-refractivity contribution < 1.29 is 0 Å². The minimum Gasteiger partial charge on any atom is -0.268 e. The van der Waals surface area contributed by atoms with Gasteiger partial charge in [-0.1, -0.05) is 58.1 Å². The van der Waals surface area contributed by atoms with E-state index in [-0.39, 0.29) is 10.8 Å². The molecule has 84 valence electrons. The summed E-state index contributed by atoms with van der Waals surface area (Å²) in [6.45, 7) is 8.77. The summed E-state index contributed by atoms with van der Waals surface area (Å²) in [7, 11) is 0. The fraction of sp³-hybridized carbons (Fsp3) is 0.400. The van der Waals surface area contributed by atoms with Gasteiger partial charge >= 0.3 is 0 Å². The van der Waals surface area contributed by atoms with Crippen molar-refractivity contribution in [3.05, 3.63) is 47.7 Å². The fourth-order valence-electron chi connectivity index (χ4n) is 1.85. The first-order valence-electron chi connectivity index (χ1n) is 5.74. The van der Waals surface area contributed by atoms with Gasteiger partial charge in [-0.2, -0.15) is 0 Å². The van der Waals surface area contributed by atoms with E-state index in [0.29, 0.717) is 0 Å². The van der Waals surface area contributed by atoms with E-state index in [0.717, 1.165) is 0 Å². The van der Waals surface area contributed by atoms with Crippen molar-refractivity contribution in [2.75, 3.05) is 0 Å². The van der Waals surface area contributed by atoms with E-state index in [4.69, 9.17) is 0 Å². The van der Waals surface area contributed by atoms with E-state index in [1.54, 1.807) is 0 Å². The second-order valence-electron chi connectivity index (χ2n) is 5.77. The van der Waals surface area contributed by atoms with Gasteiger partial charge in [0.25, 0.3) is 0 Å². The van der Waals surface area contributed by atoms with E-state index >= 15 is 0 Å². The highest BCUT2D eigenvalue weighted by atomic mass is 14.7. The van der Waals surface area contributed by atoms with E-state index in [1.165, 1.54) is 11.1 Å². The van der Waals surface area contributed by atoms with Crippen molar-refractivity contribution in [3.8, 4) is 0 Å². The quantitative estimate of drug-likeness (QED) is 0.575. The molecular formula is C15H19N. The van der Waals surface area contributed by atoms with Crippen molar-refractivity contribution in [1.82, 2.24) is 0 Å². The summed E-state index contributed by atoms with van der Waals surface area (Å²) in [5.41, 5.74) is 2.62. The molecule has 0 aromatic carbocycles. The Kier molecular flexibility index (Phi) is 2.49. The predicted molar refractivity (Wildman–Crippen MR) is 70.5 cm³/mol. The zero-order chi connectivity index (χ0) is 11.8. The van der Waals surface area contributed by atoms with Crippen LogP contribution in [0.2, 0.25) is 0 Å². The Morgan fingerprint density at radius 3 is 2.19 bits per heavy atom. The molecule has 1 aliphatic heterocycles. The van der Waals surface area contributed by atoms with Crippen LogP contribution in [0.4, 0.5) is 0 Å². The molecule has 0 unspecified atom stereocenters. The first kappa shape index (κ1) is 11.1. The van der Waals surface area contributed by atoms with Crippen LogP contribution in [-0.2, 0) is 0 Å². The van der Waals surface area contributed by atoms with Gasteiger partial charge in [-0.3, -0.25) is 4.99 Å². The van der Waals surface area contributed by atoms with Crippen LogP contribution in [0.1, 0.15) is 27.7 Å². The third-order valence-electron chi connectivity index (χ3n) is 2.87. The molecule has 0 fully saturated rings. The maximum atomic E-state index is 4.37. The summed E-state index contributed by atoms with van der Waals surface area (Å²) in [5.74, 6) is 0. The normalized spacial score (nSPS) is 25.2. The molecule has 0 spiro atoms. The van der Waals surface area contributed by atoms with Gasteiger partial charge in [0.2, 0.25) is 0 Å². The Labute approximate surface area is 98.0 Å². The predicted octanol–water partition coefficient (Wildman–Crippen LogP) is 4.06. The number of rotatable bonds is 0. The molecule has 16 heavy (non-hydrogen) atoms. The lowest BCUT2D eigenvalue weighted by atomic mass is 9.90. The molecule has 2 aliphatic rings. The third kappa shape index (κ3) is 2.41. The van der Waals surface area contributed by atoms with E-state index in [2.05, 4.69) is 63.1 Å². The Hall–Kier alpha value is -1.37. The molecule has 0 amide bonds. The number of hydrogen-bond donors (Lipinski definition) is 0.